The van der Waals surface area contributed by atoms with E-state index in [1.807, 2.05) is 0 Å². The van der Waals surface area contributed by atoms with Crippen LogP contribution < -0.4 is 9.64 Å². The molecule has 5 nitrogen and oxygen atoms in total. The molecule has 1 aliphatic heterocycles. The molecule has 0 aliphatic carbocycles. The van der Waals surface area contributed by atoms with Crippen LogP contribution >= 0.6 is 11.6 Å². The van der Waals surface area contributed by atoms with Gasteiger partial charge in [-0.2, -0.15) is 15.0 Å². The molecule has 0 radical (unpaired) electrons. The van der Waals surface area contributed by atoms with Gasteiger partial charge >= 0.3 is 6.01 Å². The Morgan fingerprint density at radius 2 is 2.06 bits per heavy atom. The summed E-state index contributed by atoms with van der Waals surface area (Å²) in [7, 11) is 1.53. The number of halogens is 1. The first kappa shape index (κ1) is 12.4. The summed E-state index contributed by atoms with van der Waals surface area (Å²) in [6.45, 7) is 3.15. The molecule has 1 fully saturated rings. The number of aromatic nitrogens is 3. The van der Waals surface area contributed by atoms with Crippen LogP contribution in [0.5, 0.6) is 6.01 Å². The Kier molecular flexibility index (Phi) is 3.99. The average molecular weight is 257 g/mol. The van der Waals surface area contributed by atoms with Crippen LogP contribution in [-0.2, 0) is 0 Å². The molecule has 1 aliphatic rings. The van der Waals surface area contributed by atoms with E-state index in [1.165, 1.54) is 20.0 Å². The van der Waals surface area contributed by atoms with E-state index in [1.54, 1.807) is 0 Å². The van der Waals surface area contributed by atoms with Gasteiger partial charge in [0.15, 0.2) is 0 Å². The second-order valence-corrected chi connectivity index (χ2v) is 4.62. The summed E-state index contributed by atoms with van der Waals surface area (Å²) in [5.41, 5.74) is 0. The van der Waals surface area contributed by atoms with E-state index in [2.05, 4.69) is 26.8 Å². The van der Waals surface area contributed by atoms with Crippen LogP contribution in [0.15, 0.2) is 0 Å². The van der Waals surface area contributed by atoms with Gasteiger partial charge < -0.3 is 9.64 Å². The smallest absolute Gasteiger partial charge is 0.322 e. The summed E-state index contributed by atoms with van der Waals surface area (Å²) in [5, 5.41) is 0.184. The van der Waals surface area contributed by atoms with Gasteiger partial charge in [-0.1, -0.05) is 12.8 Å². The molecular formula is C11H17ClN4O. The van der Waals surface area contributed by atoms with Crippen molar-refractivity contribution in [3.63, 3.8) is 0 Å². The molecule has 0 spiro atoms. The molecule has 6 heteroatoms. The van der Waals surface area contributed by atoms with Gasteiger partial charge in [0.2, 0.25) is 11.2 Å². The number of ether oxygens (including phenoxy) is 1. The lowest BCUT2D eigenvalue weighted by Crippen LogP contribution is -2.34. The standard InChI is InChI=1S/C11H17ClN4O/c1-8-6-4-3-5-7-16(8)10-13-9(12)14-11(15-10)17-2/h8H,3-7H2,1-2H3. The van der Waals surface area contributed by atoms with Gasteiger partial charge in [-0.15, -0.1) is 0 Å². The fourth-order valence-corrected chi connectivity index (χ4v) is 2.26. The Morgan fingerprint density at radius 1 is 1.24 bits per heavy atom. The highest BCUT2D eigenvalue weighted by Crippen LogP contribution is 2.22. The lowest BCUT2D eigenvalue weighted by atomic mass is 10.1. The largest absolute Gasteiger partial charge is 0.467 e. The van der Waals surface area contributed by atoms with Crippen LogP contribution in [0.2, 0.25) is 5.28 Å². The second-order valence-electron chi connectivity index (χ2n) is 4.28. The normalized spacial score (nSPS) is 21.1. The Hall–Kier alpha value is -1.10. The van der Waals surface area contributed by atoms with E-state index in [-0.39, 0.29) is 11.3 Å². The van der Waals surface area contributed by atoms with Crippen molar-refractivity contribution in [1.82, 2.24) is 15.0 Å². The summed E-state index contributed by atoms with van der Waals surface area (Å²) in [6, 6.07) is 0.706. The SMILES string of the molecule is COc1nc(Cl)nc(N2CCCCCC2C)n1. The van der Waals surface area contributed by atoms with Gasteiger partial charge in [0.1, 0.15) is 0 Å². The maximum Gasteiger partial charge on any atom is 0.322 e. The number of anilines is 1. The van der Waals surface area contributed by atoms with E-state index < -0.39 is 0 Å². The highest BCUT2D eigenvalue weighted by atomic mass is 35.5. The topological polar surface area (TPSA) is 51.1 Å². The summed E-state index contributed by atoms with van der Waals surface area (Å²) in [5.74, 6) is 0.622. The van der Waals surface area contributed by atoms with Gasteiger partial charge in [-0.05, 0) is 31.4 Å². The minimum absolute atomic E-state index is 0.184. The summed E-state index contributed by atoms with van der Waals surface area (Å²) < 4.78 is 5.02. The molecule has 1 unspecified atom stereocenters. The minimum Gasteiger partial charge on any atom is -0.467 e. The van der Waals surface area contributed by atoms with Gasteiger partial charge in [0.25, 0.3) is 0 Å². The predicted molar refractivity (Wildman–Crippen MR) is 66.7 cm³/mol. The number of nitrogens with zero attached hydrogens (tertiary/aromatic N) is 4. The molecular weight excluding hydrogens is 240 g/mol. The summed E-state index contributed by atoms with van der Waals surface area (Å²) >= 11 is 5.87. The molecule has 1 saturated heterocycles. The molecule has 1 atom stereocenters. The zero-order valence-electron chi connectivity index (χ0n) is 10.2. The molecule has 0 amide bonds. The Bertz CT molecular complexity index is 388. The number of hydrogen-bond acceptors (Lipinski definition) is 5. The van der Waals surface area contributed by atoms with Crippen molar-refractivity contribution in [3.05, 3.63) is 5.28 Å². The van der Waals surface area contributed by atoms with Crippen LogP contribution in [-0.4, -0.2) is 34.6 Å². The predicted octanol–water partition coefficient (Wildman–Crippen LogP) is 2.30. The molecule has 0 bridgehead atoms. The molecule has 94 valence electrons. The molecule has 0 aromatic carbocycles. The average Bonchev–Trinajstić information content (AvgIpc) is 2.53. The first-order valence-electron chi connectivity index (χ1n) is 5.93. The number of rotatable bonds is 2. The van der Waals surface area contributed by atoms with Crippen molar-refractivity contribution in [2.24, 2.45) is 0 Å². The van der Waals surface area contributed by atoms with Crippen LogP contribution in [0.3, 0.4) is 0 Å². The lowest BCUT2D eigenvalue weighted by Gasteiger charge is -2.26. The second kappa shape index (κ2) is 5.49. The zero-order chi connectivity index (χ0) is 12.3. The summed E-state index contributed by atoms with van der Waals surface area (Å²) in [6.07, 6.45) is 4.84. The molecule has 2 rings (SSSR count). The molecule has 1 aromatic rings. The van der Waals surface area contributed by atoms with Crippen LogP contribution in [0, 0.1) is 0 Å². The van der Waals surface area contributed by atoms with Crippen molar-refractivity contribution in [3.8, 4) is 6.01 Å². The third-order valence-electron chi connectivity index (χ3n) is 3.07. The molecule has 17 heavy (non-hydrogen) atoms. The Morgan fingerprint density at radius 3 is 2.82 bits per heavy atom. The van der Waals surface area contributed by atoms with Crippen LogP contribution in [0.25, 0.3) is 0 Å². The molecule has 2 heterocycles. The van der Waals surface area contributed by atoms with E-state index in [0.717, 1.165) is 19.4 Å². The zero-order valence-corrected chi connectivity index (χ0v) is 10.9. The van der Waals surface area contributed by atoms with Gasteiger partial charge in [0.05, 0.1) is 7.11 Å². The highest BCUT2D eigenvalue weighted by Gasteiger charge is 2.20. The van der Waals surface area contributed by atoms with Crippen molar-refractivity contribution >= 4 is 17.5 Å². The molecule has 1 aromatic heterocycles. The third-order valence-corrected chi connectivity index (χ3v) is 3.24. The maximum atomic E-state index is 5.87. The van der Waals surface area contributed by atoms with E-state index >= 15 is 0 Å². The fraction of sp³-hybridized carbons (Fsp3) is 0.727. The van der Waals surface area contributed by atoms with Gasteiger partial charge in [-0.3, -0.25) is 0 Å². The fourth-order valence-electron chi connectivity index (χ4n) is 2.11. The Labute approximate surface area is 106 Å². The van der Waals surface area contributed by atoms with E-state index in [9.17, 15) is 0 Å². The minimum atomic E-state index is 0.184. The maximum absolute atomic E-state index is 5.87. The van der Waals surface area contributed by atoms with Crippen molar-refractivity contribution in [2.45, 2.75) is 38.6 Å². The quantitative estimate of drug-likeness (QED) is 0.813. The van der Waals surface area contributed by atoms with E-state index in [4.69, 9.17) is 16.3 Å². The summed E-state index contributed by atoms with van der Waals surface area (Å²) in [4.78, 5) is 14.5. The van der Waals surface area contributed by atoms with Crippen LogP contribution in [0.1, 0.15) is 32.6 Å². The highest BCUT2D eigenvalue weighted by molar-refractivity contribution is 6.28. The number of methoxy groups -OCH3 is 1. The van der Waals surface area contributed by atoms with Gasteiger partial charge in [-0.25, -0.2) is 0 Å². The Balaban J connectivity index is 2.27. The monoisotopic (exact) mass is 256 g/mol. The first-order valence-corrected chi connectivity index (χ1v) is 6.30. The number of hydrogen-bond donors (Lipinski definition) is 0. The first-order chi connectivity index (χ1) is 8.20. The lowest BCUT2D eigenvalue weighted by molar-refractivity contribution is 0.377. The van der Waals surface area contributed by atoms with Crippen molar-refractivity contribution < 1.29 is 4.74 Å². The van der Waals surface area contributed by atoms with Gasteiger partial charge in [0, 0.05) is 12.6 Å². The molecule has 0 N–H and O–H groups in total. The molecule has 0 saturated carbocycles. The van der Waals surface area contributed by atoms with E-state index in [0.29, 0.717) is 12.0 Å². The van der Waals surface area contributed by atoms with Crippen LogP contribution in [0.4, 0.5) is 5.95 Å². The van der Waals surface area contributed by atoms with Crippen molar-refractivity contribution in [2.75, 3.05) is 18.6 Å². The van der Waals surface area contributed by atoms with Crippen molar-refractivity contribution in [1.29, 1.82) is 0 Å². The third kappa shape index (κ3) is 2.97.